The van der Waals surface area contributed by atoms with Crippen molar-refractivity contribution in [1.82, 2.24) is 10.2 Å². The molecule has 3 aromatic rings. The minimum Gasteiger partial charge on any atom is -0.496 e. The number of amides is 1. The first kappa shape index (κ1) is 21.7. The van der Waals surface area contributed by atoms with E-state index >= 15 is 0 Å². The maximum Gasteiger partial charge on any atom is 0.289 e. The average Bonchev–Trinajstić information content (AvgIpc) is 3.22. The van der Waals surface area contributed by atoms with Crippen LogP contribution in [-0.4, -0.2) is 25.0 Å². The summed E-state index contributed by atoms with van der Waals surface area (Å²) in [7, 11) is 3.39. The first-order chi connectivity index (χ1) is 15.9. The minimum atomic E-state index is -0.291. The van der Waals surface area contributed by atoms with Gasteiger partial charge in [0.1, 0.15) is 11.3 Å². The van der Waals surface area contributed by atoms with E-state index in [0.29, 0.717) is 22.9 Å². The summed E-state index contributed by atoms with van der Waals surface area (Å²) in [5, 5.41) is 8.30. The fourth-order valence-electron chi connectivity index (χ4n) is 5.25. The molecular formula is C26H28ClN3O3. The maximum absolute atomic E-state index is 13.3. The van der Waals surface area contributed by atoms with Gasteiger partial charge in [-0.25, -0.2) is 0 Å². The van der Waals surface area contributed by atoms with Crippen molar-refractivity contribution in [2.75, 3.05) is 19.5 Å². The fraction of sp³-hybridized carbons (Fsp3) is 0.346. The lowest BCUT2D eigenvalue weighted by atomic mass is 9.74. The SMILES string of the molecule is C=C1Nc2c(Cl)cc3cc(C(=O)N(C)Cc4ccccc4OC)oc3c2C2(CCCCC2)N1. The highest BCUT2D eigenvalue weighted by molar-refractivity contribution is 6.34. The Morgan fingerprint density at radius 1 is 1.24 bits per heavy atom. The van der Waals surface area contributed by atoms with E-state index in [1.54, 1.807) is 25.1 Å². The largest absolute Gasteiger partial charge is 0.496 e. The van der Waals surface area contributed by atoms with Gasteiger partial charge in [0.15, 0.2) is 5.76 Å². The van der Waals surface area contributed by atoms with Crippen molar-refractivity contribution < 1.29 is 13.9 Å². The summed E-state index contributed by atoms with van der Waals surface area (Å²) < 4.78 is 11.7. The standard InChI is InChI=1S/C26H28ClN3O3/c1-16-28-23-19(27)13-18-14-21(25(31)30(2)15-17-9-5-6-10-20(17)32-3)33-24(18)22(23)26(29-16)11-7-4-8-12-26/h5-6,9-10,13-14,28-29H,1,4,7-8,11-12,15H2,2-3H3. The number of anilines is 1. The molecule has 1 fully saturated rings. The molecule has 1 amide bonds. The highest BCUT2D eigenvalue weighted by Gasteiger charge is 2.42. The Hall–Kier alpha value is -3.12. The Bertz CT molecular complexity index is 1240. The van der Waals surface area contributed by atoms with E-state index < -0.39 is 0 Å². The van der Waals surface area contributed by atoms with Gasteiger partial charge >= 0.3 is 0 Å². The van der Waals surface area contributed by atoms with Crippen molar-refractivity contribution in [2.45, 2.75) is 44.2 Å². The molecule has 1 aliphatic carbocycles. The number of methoxy groups -OCH3 is 1. The van der Waals surface area contributed by atoms with Gasteiger partial charge < -0.3 is 24.7 Å². The zero-order chi connectivity index (χ0) is 23.2. The van der Waals surface area contributed by atoms with Crippen LogP contribution >= 0.6 is 11.6 Å². The molecule has 0 atom stereocenters. The molecule has 1 aliphatic heterocycles. The summed E-state index contributed by atoms with van der Waals surface area (Å²) in [5.74, 6) is 1.59. The lowest BCUT2D eigenvalue weighted by Gasteiger charge is -2.44. The molecular weight excluding hydrogens is 438 g/mol. The van der Waals surface area contributed by atoms with Crippen LogP contribution in [0.15, 0.2) is 53.2 Å². The van der Waals surface area contributed by atoms with Crippen molar-refractivity contribution in [3.8, 4) is 5.75 Å². The Morgan fingerprint density at radius 3 is 2.76 bits per heavy atom. The Labute approximate surface area is 198 Å². The summed E-state index contributed by atoms with van der Waals surface area (Å²) in [6.07, 6.45) is 5.36. The number of hydrogen-bond acceptors (Lipinski definition) is 5. The van der Waals surface area contributed by atoms with Crippen LogP contribution in [0.25, 0.3) is 11.0 Å². The van der Waals surface area contributed by atoms with Gasteiger partial charge in [0.05, 0.1) is 29.2 Å². The van der Waals surface area contributed by atoms with E-state index in [0.717, 1.165) is 59.5 Å². The van der Waals surface area contributed by atoms with Crippen molar-refractivity contribution in [1.29, 1.82) is 0 Å². The van der Waals surface area contributed by atoms with E-state index in [4.69, 9.17) is 20.8 Å². The van der Waals surface area contributed by atoms with Gasteiger partial charge in [-0.05, 0) is 31.0 Å². The molecule has 0 saturated heterocycles. The molecule has 1 aromatic heterocycles. The number of ether oxygens (including phenoxy) is 1. The fourth-order valence-corrected chi connectivity index (χ4v) is 5.51. The molecule has 2 aliphatic rings. The maximum atomic E-state index is 13.3. The lowest BCUT2D eigenvalue weighted by molar-refractivity contribution is 0.0754. The third kappa shape index (κ3) is 3.72. The quantitative estimate of drug-likeness (QED) is 0.493. The molecule has 2 heterocycles. The van der Waals surface area contributed by atoms with Crippen LogP contribution in [0.5, 0.6) is 5.75 Å². The lowest BCUT2D eigenvalue weighted by Crippen LogP contribution is -2.48. The van der Waals surface area contributed by atoms with Gasteiger partial charge in [-0.15, -0.1) is 0 Å². The number of nitrogens with one attached hydrogen (secondary N) is 2. The van der Waals surface area contributed by atoms with Crippen LogP contribution in [0.3, 0.4) is 0 Å². The molecule has 5 rings (SSSR count). The van der Waals surface area contributed by atoms with E-state index in [1.807, 2.05) is 30.3 Å². The van der Waals surface area contributed by atoms with Crippen LogP contribution < -0.4 is 15.4 Å². The second kappa shape index (κ2) is 8.34. The molecule has 0 unspecified atom stereocenters. The third-order valence-electron chi connectivity index (χ3n) is 6.77. The van der Waals surface area contributed by atoms with Crippen LogP contribution in [0.4, 0.5) is 5.69 Å². The predicted molar refractivity (Wildman–Crippen MR) is 131 cm³/mol. The van der Waals surface area contributed by atoms with Crippen LogP contribution in [0.2, 0.25) is 5.02 Å². The first-order valence-corrected chi connectivity index (χ1v) is 11.7. The van der Waals surface area contributed by atoms with Crippen molar-refractivity contribution in [3.05, 3.63) is 70.7 Å². The monoisotopic (exact) mass is 465 g/mol. The smallest absolute Gasteiger partial charge is 0.289 e. The number of carbonyl (C=O) groups excluding carboxylic acids is 1. The molecule has 33 heavy (non-hydrogen) atoms. The molecule has 0 bridgehead atoms. The summed E-state index contributed by atoms with van der Waals surface area (Å²) >= 11 is 6.70. The third-order valence-corrected chi connectivity index (χ3v) is 7.07. The average molecular weight is 466 g/mol. The number of fused-ring (bicyclic) bond motifs is 4. The topological polar surface area (TPSA) is 66.7 Å². The molecule has 0 radical (unpaired) electrons. The van der Waals surface area contributed by atoms with Crippen LogP contribution in [0.1, 0.15) is 53.8 Å². The van der Waals surface area contributed by atoms with Crippen LogP contribution in [0, 0.1) is 0 Å². The van der Waals surface area contributed by atoms with Crippen molar-refractivity contribution >= 4 is 34.2 Å². The van der Waals surface area contributed by atoms with E-state index in [-0.39, 0.29) is 11.4 Å². The predicted octanol–water partition coefficient (Wildman–Crippen LogP) is 6.01. The number of para-hydroxylation sites is 1. The van der Waals surface area contributed by atoms with Gasteiger partial charge in [0, 0.05) is 30.1 Å². The highest BCUT2D eigenvalue weighted by atomic mass is 35.5. The highest BCUT2D eigenvalue weighted by Crippen LogP contribution is 2.49. The normalized spacial score (nSPS) is 16.8. The number of benzene rings is 2. The molecule has 2 N–H and O–H groups in total. The number of rotatable bonds is 4. The molecule has 6 nitrogen and oxygen atoms in total. The van der Waals surface area contributed by atoms with E-state index in [9.17, 15) is 4.79 Å². The molecule has 7 heteroatoms. The van der Waals surface area contributed by atoms with Crippen molar-refractivity contribution in [3.63, 3.8) is 0 Å². The second-order valence-electron chi connectivity index (χ2n) is 8.98. The van der Waals surface area contributed by atoms with Gasteiger partial charge in [0.25, 0.3) is 5.91 Å². The number of furan rings is 1. The van der Waals surface area contributed by atoms with Gasteiger partial charge in [-0.2, -0.15) is 0 Å². The summed E-state index contributed by atoms with van der Waals surface area (Å²) in [5.41, 5.74) is 3.17. The number of hydrogen-bond donors (Lipinski definition) is 2. The Balaban J connectivity index is 1.54. The van der Waals surface area contributed by atoms with E-state index in [2.05, 4.69) is 17.2 Å². The van der Waals surface area contributed by atoms with E-state index in [1.165, 1.54) is 6.42 Å². The zero-order valence-electron chi connectivity index (χ0n) is 19.0. The van der Waals surface area contributed by atoms with Gasteiger partial charge in [-0.1, -0.05) is 55.6 Å². The molecule has 1 spiro atoms. The summed E-state index contributed by atoms with van der Waals surface area (Å²) in [4.78, 5) is 14.9. The molecule has 1 saturated carbocycles. The zero-order valence-corrected chi connectivity index (χ0v) is 19.7. The number of carbonyl (C=O) groups is 1. The van der Waals surface area contributed by atoms with Gasteiger partial charge in [-0.3, -0.25) is 4.79 Å². The minimum absolute atomic E-state index is 0.194. The van der Waals surface area contributed by atoms with Crippen LogP contribution in [-0.2, 0) is 12.1 Å². The molecule has 172 valence electrons. The number of nitrogens with zero attached hydrogens (tertiary/aromatic N) is 1. The molecule has 2 aromatic carbocycles. The Morgan fingerprint density at radius 2 is 2.00 bits per heavy atom. The first-order valence-electron chi connectivity index (χ1n) is 11.3. The summed E-state index contributed by atoms with van der Waals surface area (Å²) in [6.45, 7) is 4.52. The summed E-state index contributed by atoms with van der Waals surface area (Å²) in [6, 6.07) is 11.3. The second-order valence-corrected chi connectivity index (χ2v) is 9.39. The Kier molecular flexibility index (Phi) is 5.49. The number of halogens is 1. The van der Waals surface area contributed by atoms with Crippen molar-refractivity contribution in [2.24, 2.45) is 0 Å². The van der Waals surface area contributed by atoms with Gasteiger partial charge in [0.2, 0.25) is 0 Å².